The van der Waals surface area contributed by atoms with Crippen molar-refractivity contribution in [2.24, 2.45) is 11.8 Å². The van der Waals surface area contributed by atoms with Crippen LogP contribution in [0.2, 0.25) is 0 Å². The molecule has 0 heterocycles. The molecule has 0 saturated heterocycles. The van der Waals surface area contributed by atoms with E-state index in [-0.39, 0.29) is 5.92 Å². The Hall–Kier alpha value is -0.570. The predicted molar refractivity (Wildman–Crippen MR) is 56.3 cm³/mol. The van der Waals surface area contributed by atoms with Gasteiger partial charge >= 0.3 is 5.97 Å². The molecule has 84 valence electrons. The third-order valence-corrected chi connectivity index (χ3v) is 2.26. The van der Waals surface area contributed by atoms with Crippen LogP contribution in [0.15, 0.2) is 0 Å². The highest BCUT2D eigenvalue weighted by Gasteiger charge is 2.17. The van der Waals surface area contributed by atoms with Crippen molar-refractivity contribution in [3.05, 3.63) is 0 Å². The van der Waals surface area contributed by atoms with E-state index in [1.54, 1.807) is 7.11 Å². The van der Waals surface area contributed by atoms with Crippen molar-refractivity contribution in [2.75, 3.05) is 13.7 Å². The molecule has 0 saturated carbocycles. The number of carboxylic acids is 1. The van der Waals surface area contributed by atoms with Gasteiger partial charge in [-0.15, -0.1) is 0 Å². The van der Waals surface area contributed by atoms with Crippen LogP contribution in [-0.2, 0) is 9.53 Å². The average Bonchev–Trinajstić information content (AvgIpc) is 2.09. The molecule has 1 unspecified atom stereocenters. The minimum absolute atomic E-state index is 0.174. The first-order valence-corrected chi connectivity index (χ1v) is 5.29. The molecule has 0 bridgehead atoms. The summed E-state index contributed by atoms with van der Waals surface area (Å²) >= 11 is 0. The van der Waals surface area contributed by atoms with Crippen molar-refractivity contribution in [1.82, 2.24) is 0 Å². The van der Waals surface area contributed by atoms with Gasteiger partial charge < -0.3 is 9.84 Å². The highest BCUT2D eigenvalue weighted by Crippen LogP contribution is 2.18. The van der Waals surface area contributed by atoms with Crippen molar-refractivity contribution in [2.45, 2.75) is 39.5 Å². The molecule has 0 spiro atoms. The number of carboxylic acid groups (broad SMARTS) is 1. The third-order valence-electron chi connectivity index (χ3n) is 2.26. The number of unbranched alkanes of at least 4 members (excludes halogenated alkanes) is 1. The van der Waals surface area contributed by atoms with Gasteiger partial charge in [0.05, 0.1) is 5.92 Å². The molecule has 0 amide bonds. The summed E-state index contributed by atoms with van der Waals surface area (Å²) in [4.78, 5) is 10.9. The Kier molecular flexibility index (Phi) is 7.48. The molecule has 0 rings (SSSR count). The molecule has 0 aliphatic carbocycles. The van der Waals surface area contributed by atoms with Gasteiger partial charge in [0.25, 0.3) is 0 Å². The van der Waals surface area contributed by atoms with Crippen LogP contribution >= 0.6 is 0 Å². The van der Waals surface area contributed by atoms with Crippen LogP contribution in [0.1, 0.15) is 39.5 Å². The standard InChI is InChI=1S/C11H22O3/c1-9(2)8-10(11(12)13)6-4-5-7-14-3/h9-10H,4-8H2,1-3H3,(H,12,13). The fourth-order valence-electron chi connectivity index (χ4n) is 1.55. The topological polar surface area (TPSA) is 46.5 Å². The molecular formula is C11H22O3. The van der Waals surface area contributed by atoms with Crippen molar-refractivity contribution < 1.29 is 14.6 Å². The number of rotatable bonds is 8. The summed E-state index contributed by atoms with van der Waals surface area (Å²) in [6.07, 6.45) is 3.45. The quantitative estimate of drug-likeness (QED) is 0.615. The minimum Gasteiger partial charge on any atom is -0.481 e. The molecule has 0 aromatic carbocycles. The summed E-state index contributed by atoms with van der Waals surface area (Å²) in [5, 5.41) is 8.95. The molecule has 0 radical (unpaired) electrons. The minimum atomic E-state index is -0.656. The van der Waals surface area contributed by atoms with E-state index in [9.17, 15) is 4.79 Å². The lowest BCUT2D eigenvalue weighted by atomic mass is 9.92. The van der Waals surface area contributed by atoms with Gasteiger partial charge in [-0.1, -0.05) is 20.3 Å². The molecule has 0 aliphatic heterocycles. The van der Waals surface area contributed by atoms with Gasteiger partial charge in [0.1, 0.15) is 0 Å². The predicted octanol–water partition coefficient (Wildman–Crippen LogP) is 2.55. The Balaban J connectivity index is 3.68. The average molecular weight is 202 g/mol. The second kappa shape index (κ2) is 7.80. The number of methoxy groups -OCH3 is 1. The maximum Gasteiger partial charge on any atom is 0.306 e. The largest absolute Gasteiger partial charge is 0.481 e. The zero-order valence-corrected chi connectivity index (χ0v) is 9.45. The van der Waals surface area contributed by atoms with E-state index >= 15 is 0 Å². The first-order valence-electron chi connectivity index (χ1n) is 5.29. The number of ether oxygens (including phenoxy) is 1. The van der Waals surface area contributed by atoms with Crippen LogP contribution < -0.4 is 0 Å². The van der Waals surface area contributed by atoms with Gasteiger partial charge in [0.15, 0.2) is 0 Å². The van der Waals surface area contributed by atoms with E-state index < -0.39 is 5.97 Å². The molecule has 0 aromatic rings. The molecule has 1 atom stereocenters. The van der Waals surface area contributed by atoms with Crippen LogP contribution in [0, 0.1) is 11.8 Å². The summed E-state index contributed by atoms with van der Waals surface area (Å²) < 4.78 is 4.92. The van der Waals surface area contributed by atoms with Gasteiger partial charge in [0.2, 0.25) is 0 Å². The van der Waals surface area contributed by atoms with E-state index in [1.165, 1.54) is 0 Å². The van der Waals surface area contributed by atoms with Crippen molar-refractivity contribution >= 4 is 5.97 Å². The Morgan fingerprint density at radius 1 is 1.36 bits per heavy atom. The Morgan fingerprint density at radius 2 is 2.00 bits per heavy atom. The first-order chi connectivity index (χ1) is 6.57. The number of carbonyl (C=O) groups is 1. The summed E-state index contributed by atoms with van der Waals surface area (Å²) in [5.41, 5.74) is 0. The van der Waals surface area contributed by atoms with E-state index in [4.69, 9.17) is 9.84 Å². The Labute approximate surface area is 86.5 Å². The van der Waals surface area contributed by atoms with Crippen LogP contribution in [0.3, 0.4) is 0 Å². The smallest absolute Gasteiger partial charge is 0.306 e. The van der Waals surface area contributed by atoms with Gasteiger partial charge in [-0.05, 0) is 25.2 Å². The lowest BCUT2D eigenvalue weighted by Gasteiger charge is -2.14. The Morgan fingerprint density at radius 3 is 2.43 bits per heavy atom. The molecule has 0 aliphatic rings. The van der Waals surface area contributed by atoms with Gasteiger partial charge in [-0.25, -0.2) is 0 Å². The van der Waals surface area contributed by atoms with E-state index in [0.717, 1.165) is 32.3 Å². The second-order valence-corrected chi connectivity index (χ2v) is 4.15. The van der Waals surface area contributed by atoms with Crippen LogP contribution in [0.25, 0.3) is 0 Å². The Bertz CT molecular complexity index is 155. The SMILES string of the molecule is COCCCCC(CC(C)C)C(=O)O. The summed E-state index contributed by atoms with van der Waals surface area (Å²) in [6, 6.07) is 0. The molecule has 0 fully saturated rings. The molecule has 14 heavy (non-hydrogen) atoms. The highest BCUT2D eigenvalue weighted by molar-refractivity contribution is 5.69. The first kappa shape index (κ1) is 13.4. The summed E-state index contributed by atoms with van der Waals surface area (Å²) in [7, 11) is 1.67. The number of hydrogen-bond donors (Lipinski definition) is 1. The van der Waals surface area contributed by atoms with E-state index in [2.05, 4.69) is 13.8 Å². The number of aliphatic carboxylic acids is 1. The lowest BCUT2D eigenvalue weighted by Crippen LogP contribution is -2.16. The van der Waals surface area contributed by atoms with E-state index in [1.807, 2.05) is 0 Å². The van der Waals surface area contributed by atoms with Crippen LogP contribution in [0.5, 0.6) is 0 Å². The fraction of sp³-hybridized carbons (Fsp3) is 0.909. The lowest BCUT2D eigenvalue weighted by molar-refractivity contribution is -0.142. The maximum absolute atomic E-state index is 10.9. The summed E-state index contributed by atoms with van der Waals surface area (Å²) in [5.74, 6) is -0.374. The van der Waals surface area contributed by atoms with Gasteiger partial charge in [-0.3, -0.25) is 4.79 Å². The van der Waals surface area contributed by atoms with Crippen LogP contribution in [0.4, 0.5) is 0 Å². The fourth-order valence-corrected chi connectivity index (χ4v) is 1.55. The van der Waals surface area contributed by atoms with Crippen molar-refractivity contribution in [1.29, 1.82) is 0 Å². The van der Waals surface area contributed by atoms with Gasteiger partial charge in [-0.2, -0.15) is 0 Å². The normalized spacial score (nSPS) is 13.1. The second-order valence-electron chi connectivity index (χ2n) is 4.15. The summed E-state index contributed by atoms with van der Waals surface area (Å²) in [6.45, 7) is 4.85. The number of hydrogen-bond acceptors (Lipinski definition) is 2. The molecule has 3 heteroatoms. The molecule has 1 N–H and O–H groups in total. The monoisotopic (exact) mass is 202 g/mol. The molecular weight excluding hydrogens is 180 g/mol. The zero-order chi connectivity index (χ0) is 11.0. The molecule has 0 aromatic heterocycles. The van der Waals surface area contributed by atoms with Crippen LogP contribution in [-0.4, -0.2) is 24.8 Å². The van der Waals surface area contributed by atoms with Gasteiger partial charge in [0, 0.05) is 13.7 Å². The highest BCUT2D eigenvalue weighted by atomic mass is 16.5. The molecule has 3 nitrogen and oxygen atoms in total. The van der Waals surface area contributed by atoms with E-state index in [0.29, 0.717) is 5.92 Å². The maximum atomic E-state index is 10.9. The third kappa shape index (κ3) is 6.89. The van der Waals surface area contributed by atoms with Crippen molar-refractivity contribution in [3.8, 4) is 0 Å². The van der Waals surface area contributed by atoms with Crippen molar-refractivity contribution in [3.63, 3.8) is 0 Å². The zero-order valence-electron chi connectivity index (χ0n) is 9.45.